The molecule has 160 valence electrons. The van der Waals surface area contributed by atoms with E-state index in [1.165, 1.54) is 12.1 Å². The number of halogens is 1. The highest BCUT2D eigenvalue weighted by Gasteiger charge is 2.22. The third-order valence-electron chi connectivity index (χ3n) is 5.29. The molecule has 0 atom stereocenters. The highest BCUT2D eigenvalue weighted by atomic mass is 32.2. The lowest BCUT2D eigenvalue weighted by Gasteiger charge is -2.27. The molecule has 0 aromatic heterocycles. The lowest BCUT2D eigenvalue weighted by Crippen LogP contribution is -2.36. The highest BCUT2D eigenvalue weighted by Crippen LogP contribution is 2.26. The van der Waals surface area contributed by atoms with Gasteiger partial charge in [0, 0.05) is 19.6 Å². The van der Waals surface area contributed by atoms with Gasteiger partial charge in [0.25, 0.3) is 0 Å². The molecule has 31 heavy (non-hydrogen) atoms. The lowest BCUT2D eigenvalue weighted by atomic mass is 10.1. The summed E-state index contributed by atoms with van der Waals surface area (Å²) >= 11 is 0. The molecule has 0 bridgehead atoms. The monoisotopic (exact) mass is 437 g/mol. The van der Waals surface area contributed by atoms with Gasteiger partial charge in [0.15, 0.2) is 0 Å². The molecule has 3 aromatic rings. The fourth-order valence-electron chi connectivity index (χ4n) is 3.55. The SMILES string of the molecule is O=S(=O)(c1ccc(/C=C/c2ccc(F)cc2)cc1)c1ccccc1CN1CCOCC1. The van der Waals surface area contributed by atoms with Crippen LogP contribution in [0.25, 0.3) is 12.2 Å². The van der Waals surface area contributed by atoms with Gasteiger partial charge in [0.2, 0.25) is 9.84 Å². The van der Waals surface area contributed by atoms with E-state index in [2.05, 4.69) is 4.90 Å². The van der Waals surface area contributed by atoms with Crippen molar-refractivity contribution >= 4 is 22.0 Å². The van der Waals surface area contributed by atoms with E-state index in [1.807, 2.05) is 24.3 Å². The predicted molar refractivity (Wildman–Crippen MR) is 120 cm³/mol. The minimum absolute atomic E-state index is 0.265. The first kappa shape index (κ1) is 21.4. The number of sulfone groups is 1. The van der Waals surface area contributed by atoms with Gasteiger partial charge in [-0.1, -0.05) is 54.6 Å². The van der Waals surface area contributed by atoms with Crippen molar-refractivity contribution in [3.63, 3.8) is 0 Å². The predicted octanol–water partition coefficient (Wildman–Crippen LogP) is 4.66. The largest absolute Gasteiger partial charge is 0.379 e. The molecule has 0 aliphatic carbocycles. The molecule has 6 heteroatoms. The second-order valence-corrected chi connectivity index (χ2v) is 9.37. The van der Waals surface area contributed by atoms with Gasteiger partial charge in [-0.15, -0.1) is 0 Å². The number of benzene rings is 3. The molecule has 1 fully saturated rings. The van der Waals surface area contributed by atoms with Gasteiger partial charge in [-0.2, -0.15) is 0 Å². The second-order valence-electron chi connectivity index (χ2n) is 7.45. The van der Waals surface area contributed by atoms with Gasteiger partial charge in [-0.25, -0.2) is 12.8 Å². The molecule has 1 heterocycles. The summed E-state index contributed by atoms with van der Waals surface area (Å²) in [5, 5.41) is 0. The van der Waals surface area contributed by atoms with E-state index in [0.29, 0.717) is 24.7 Å². The van der Waals surface area contributed by atoms with Crippen molar-refractivity contribution < 1.29 is 17.5 Å². The Balaban J connectivity index is 1.54. The first-order valence-electron chi connectivity index (χ1n) is 10.2. The molecule has 0 amide bonds. The molecule has 1 aliphatic rings. The van der Waals surface area contributed by atoms with Crippen LogP contribution in [0.1, 0.15) is 16.7 Å². The highest BCUT2D eigenvalue weighted by molar-refractivity contribution is 7.91. The summed E-state index contributed by atoms with van der Waals surface area (Å²) < 4.78 is 45.0. The van der Waals surface area contributed by atoms with E-state index in [1.54, 1.807) is 48.5 Å². The molecule has 4 nitrogen and oxygen atoms in total. The van der Waals surface area contributed by atoms with Gasteiger partial charge in [0.05, 0.1) is 23.0 Å². The number of rotatable bonds is 6. The fourth-order valence-corrected chi connectivity index (χ4v) is 5.03. The second kappa shape index (κ2) is 9.56. The van der Waals surface area contributed by atoms with Crippen LogP contribution in [-0.4, -0.2) is 39.6 Å². The Labute approximate surface area is 182 Å². The molecule has 0 N–H and O–H groups in total. The zero-order chi connectivity index (χ0) is 21.7. The van der Waals surface area contributed by atoms with Crippen molar-refractivity contribution in [1.29, 1.82) is 0 Å². The van der Waals surface area contributed by atoms with Crippen molar-refractivity contribution in [2.45, 2.75) is 16.3 Å². The van der Waals surface area contributed by atoms with Gasteiger partial charge in [-0.3, -0.25) is 4.90 Å². The summed E-state index contributed by atoms with van der Waals surface area (Å²) in [5.41, 5.74) is 2.53. The van der Waals surface area contributed by atoms with Crippen molar-refractivity contribution in [3.05, 3.63) is 95.3 Å². The Hall–Kier alpha value is -2.80. The third kappa shape index (κ3) is 5.28. The van der Waals surface area contributed by atoms with Crippen LogP contribution in [0.15, 0.2) is 82.6 Å². The molecule has 0 spiro atoms. The average molecular weight is 438 g/mol. The average Bonchev–Trinajstić information content (AvgIpc) is 2.80. The summed E-state index contributed by atoms with van der Waals surface area (Å²) in [6, 6.07) is 20.2. The van der Waals surface area contributed by atoms with Gasteiger partial charge in [0.1, 0.15) is 5.82 Å². The van der Waals surface area contributed by atoms with E-state index in [-0.39, 0.29) is 10.7 Å². The molecule has 4 rings (SSSR count). The van der Waals surface area contributed by atoms with Crippen LogP contribution < -0.4 is 0 Å². The standard InChI is InChI=1S/C25H24FNO3S/c26-23-11-7-20(8-12-23)5-6-21-9-13-24(14-10-21)31(28,29)25-4-2-1-3-22(25)19-27-15-17-30-18-16-27/h1-14H,15-19H2/b6-5+. The normalized spacial score (nSPS) is 15.4. The molecular weight excluding hydrogens is 413 g/mol. The maximum atomic E-state index is 13.3. The molecular formula is C25H24FNO3S. The van der Waals surface area contributed by atoms with Crippen LogP contribution in [0, 0.1) is 5.82 Å². The van der Waals surface area contributed by atoms with E-state index < -0.39 is 9.84 Å². The fraction of sp³-hybridized carbons (Fsp3) is 0.200. The van der Waals surface area contributed by atoms with E-state index in [9.17, 15) is 12.8 Å². The molecule has 0 radical (unpaired) electrons. The third-order valence-corrected chi connectivity index (χ3v) is 7.16. The summed E-state index contributed by atoms with van der Waals surface area (Å²) in [6.45, 7) is 3.51. The first-order chi connectivity index (χ1) is 15.0. The lowest BCUT2D eigenvalue weighted by molar-refractivity contribution is 0.0338. The minimum Gasteiger partial charge on any atom is -0.379 e. The van der Waals surface area contributed by atoms with Crippen LogP contribution in [-0.2, 0) is 21.1 Å². The Morgan fingerprint density at radius 2 is 1.42 bits per heavy atom. The molecule has 1 saturated heterocycles. The van der Waals surface area contributed by atoms with Crippen LogP contribution in [0.2, 0.25) is 0 Å². The summed E-state index contributed by atoms with van der Waals surface area (Å²) in [7, 11) is -3.63. The number of nitrogens with zero attached hydrogens (tertiary/aromatic N) is 1. The quantitative estimate of drug-likeness (QED) is 0.526. The number of hydrogen-bond acceptors (Lipinski definition) is 4. The zero-order valence-corrected chi connectivity index (χ0v) is 17.9. The first-order valence-corrected chi connectivity index (χ1v) is 11.7. The Morgan fingerprint density at radius 1 is 0.839 bits per heavy atom. The maximum Gasteiger partial charge on any atom is 0.206 e. The maximum absolute atomic E-state index is 13.3. The molecule has 0 saturated carbocycles. The summed E-state index contributed by atoms with van der Waals surface area (Å²) in [5.74, 6) is -0.277. The van der Waals surface area contributed by atoms with Crippen molar-refractivity contribution in [1.82, 2.24) is 4.90 Å². The van der Waals surface area contributed by atoms with E-state index >= 15 is 0 Å². The van der Waals surface area contributed by atoms with Gasteiger partial charge < -0.3 is 4.74 Å². The molecule has 0 unspecified atom stereocenters. The topological polar surface area (TPSA) is 46.6 Å². The number of hydrogen-bond donors (Lipinski definition) is 0. The van der Waals surface area contributed by atoms with Crippen LogP contribution in [0.4, 0.5) is 4.39 Å². The smallest absolute Gasteiger partial charge is 0.206 e. The van der Waals surface area contributed by atoms with Gasteiger partial charge >= 0.3 is 0 Å². The Bertz CT molecular complexity index is 1150. The number of ether oxygens (including phenoxy) is 1. The summed E-state index contributed by atoms with van der Waals surface area (Å²) in [6.07, 6.45) is 3.73. The van der Waals surface area contributed by atoms with E-state index in [4.69, 9.17) is 4.74 Å². The van der Waals surface area contributed by atoms with Crippen molar-refractivity contribution in [3.8, 4) is 0 Å². The van der Waals surface area contributed by atoms with Crippen LogP contribution in [0.5, 0.6) is 0 Å². The molecule has 1 aliphatic heterocycles. The van der Waals surface area contributed by atoms with Crippen molar-refractivity contribution in [2.75, 3.05) is 26.3 Å². The van der Waals surface area contributed by atoms with Crippen molar-refractivity contribution in [2.24, 2.45) is 0 Å². The van der Waals surface area contributed by atoms with Gasteiger partial charge in [-0.05, 0) is 47.0 Å². The van der Waals surface area contributed by atoms with E-state index in [0.717, 1.165) is 29.8 Å². The minimum atomic E-state index is -3.63. The zero-order valence-electron chi connectivity index (χ0n) is 17.1. The Morgan fingerprint density at radius 3 is 2.06 bits per heavy atom. The number of morpholine rings is 1. The molecule has 3 aromatic carbocycles. The Kier molecular flexibility index (Phi) is 6.61. The van der Waals surface area contributed by atoms with Crippen LogP contribution in [0.3, 0.4) is 0 Å². The summed E-state index contributed by atoms with van der Waals surface area (Å²) in [4.78, 5) is 2.82. The van der Waals surface area contributed by atoms with Crippen LogP contribution >= 0.6 is 0 Å².